The number of aryl methyl sites for hydroxylation is 1. The number of likely N-dealkylation sites (tertiary alicyclic amines) is 1. The number of nitrogens with zero attached hydrogens (tertiary/aromatic N) is 1. The van der Waals surface area contributed by atoms with E-state index in [1.54, 1.807) is 41.3 Å². The van der Waals surface area contributed by atoms with Gasteiger partial charge in [0.15, 0.2) is 18.1 Å². The van der Waals surface area contributed by atoms with E-state index in [9.17, 15) is 13.2 Å². The molecule has 1 aliphatic rings. The van der Waals surface area contributed by atoms with Crippen LogP contribution in [0.15, 0.2) is 53.4 Å². The number of benzene rings is 2. The first kappa shape index (κ1) is 22.1. The fourth-order valence-corrected chi connectivity index (χ4v) is 4.63. The number of hydrogen-bond acceptors (Lipinski definition) is 5. The number of ether oxygens (including phenoxy) is 2. The quantitative estimate of drug-likeness (QED) is 0.693. The third-order valence-electron chi connectivity index (χ3n) is 5.00. The number of carbonyl (C=O) groups is 1. The van der Waals surface area contributed by atoms with Crippen LogP contribution in [-0.4, -0.2) is 51.6 Å². The van der Waals surface area contributed by atoms with Crippen molar-refractivity contribution in [1.82, 2.24) is 9.62 Å². The number of hydrogen-bond donors (Lipinski definition) is 1. The van der Waals surface area contributed by atoms with Crippen molar-refractivity contribution in [2.75, 3.05) is 26.3 Å². The molecule has 8 heteroatoms. The highest BCUT2D eigenvalue weighted by molar-refractivity contribution is 7.89. The SMILES string of the molecule is CCOc1ccccc1OCC(=O)N1CCC(NS(=O)(=O)c2ccc(C)cc2)CC1. The molecule has 0 aliphatic carbocycles. The van der Waals surface area contributed by atoms with E-state index in [0.29, 0.717) is 44.0 Å². The molecule has 30 heavy (non-hydrogen) atoms. The molecule has 0 spiro atoms. The summed E-state index contributed by atoms with van der Waals surface area (Å²) in [7, 11) is -3.56. The van der Waals surface area contributed by atoms with Crippen LogP contribution >= 0.6 is 0 Å². The predicted molar refractivity (Wildman–Crippen MR) is 114 cm³/mol. The Balaban J connectivity index is 1.49. The number of amides is 1. The van der Waals surface area contributed by atoms with Gasteiger partial charge in [0.2, 0.25) is 10.0 Å². The van der Waals surface area contributed by atoms with Crippen LogP contribution in [0.5, 0.6) is 11.5 Å². The molecule has 0 unspecified atom stereocenters. The van der Waals surface area contributed by atoms with Gasteiger partial charge in [-0.2, -0.15) is 0 Å². The largest absolute Gasteiger partial charge is 0.490 e. The number of rotatable bonds is 8. The van der Waals surface area contributed by atoms with Crippen LogP contribution in [0.25, 0.3) is 0 Å². The second kappa shape index (κ2) is 9.95. The van der Waals surface area contributed by atoms with Crippen molar-refractivity contribution in [2.45, 2.75) is 37.6 Å². The van der Waals surface area contributed by atoms with Gasteiger partial charge in [-0.1, -0.05) is 29.8 Å². The average Bonchev–Trinajstić information content (AvgIpc) is 2.74. The minimum Gasteiger partial charge on any atom is -0.490 e. The fraction of sp³-hybridized carbons (Fsp3) is 0.409. The molecule has 0 saturated carbocycles. The number of nitrogens with one attached hydrogen (secondary N) is 1. The first-order valence-corrected chi connectivity index (χ1v) is 11.6. The molecule has 0 bridgehead atoms. The molecule has 7 nitrogen and oxygen atoms in total. The smallest absolute Gasteiger partial charge is 0.260 e. The Hall–Kier alpha value is -2.58. The Morgan fingerprint density at radius 3 is 2.23 bits per heavy atom. The summed E-state index contributed by atoms with van der Waals surface area (Å²) in [5.41, 5.74) is 1.01. The number of para-hydroxylation sites is 2. The van der Waals surface area contributed by atoms with E-state index >= 15 is 0 Å². The summed E-state index contributed by atoms with van der Waals surface area (Å²) in [5, 5.41) is 0. The molecule has 3 rings (SSSR count). The lowest BCUT2D eigenvalue weighted by molar-refractivity contribution is -0.134. The summed E-state index contributed by atoms with van der Waals surface area (Å²) in [6.45, 7) is 5.20. The van der Waals surface area contributed by atoms with Crippen molar-refractivity contribution in [1.29, 1.82) is 0 Å². The molecule has 0 atom stereocenters. The molecule has 2 aromatic rings. The first-order valence-electron chi connectivity index (χ1n) is 10.1. The maximum atomic E-state index is 12.5. The molecule has 162 valence electrons. The van der Waals surface area contributed by atoms with Gasteiger partial charge >= 0.3 is 0 Å². The second-order valence-electron chi connectivity index (χ2n) is 7.26. The van der Waals surface area contributed by atoms with E-state index in [4.69, 9.17) is 9.47 Å². The van der Waals surface area contributed by atoms with E-state index < -0.39 is 10.0 Å². The van der Waals surface area contributed by atoms with E-state index in [0.717, 1.165) is 5.56 Å². The molecule has 0 radical (unpaired) electrons. The maximum absolute atomic E-state index is 12.5. The number of piperidine rings is 1. The van der Waals surface area contributed by atoms with Crippen molar-refractivity contribution >= 4 is 15.9 Å². The Morgan fingerprint density at radius 1 is 1.03 bits per heavy atom. The molecule has 1 fully saturated rings. The Labute approximate surface area is 178 Å². The zero-order valence-corrected chi connectivity index (χ0v) is 18.2. The van der Waals surface area contributed by atoms with Gasteiger partial charge in [-0.3, -0.25) is 4.79 Å². The van der Waals surface area contributed by atoms with E-state index in [2.05, 4.69) is 4.72 Å². The van der Waals surface area contributed by atoms with Crippen molar-refractivity contribution in [3.8, 4) is 11.5 Å². The Kier molecular flexibility index (Phi) is 7.33. The highest BCUT2D eigenvalue weighted by Crippen LogP contribution is 2.26. The van der Waals surface area contributed by atoms with Crippen LogP contribution < -0.4 is 14.2 Å². The van der Waals surface area contributed by atoms with Crippen molar-refractivity contribution in [3.63, 3.8) is 0 Å². The average molecular weight is 433 g/mol. The maximum Gasteiger partial charge on any atom is 0.260 e. The summed E-state index contributed by atoms with van der Waals surface area (Å²) in [6.07, 6.45) is 1.12. The van der Waals surface area contributed by atoms with Crippen molar-refractivity contribution in [2.24, 2.45) is 0 Å². The monoisotopic (exact) mass is 432 g/mol. The molecular formula is C22H28N2O5S. The van der Waals surface area contributed by atoms with Gasteiger partial charge in [0.25, 0.3) is 5.91 Å². The normalized spacial score (nSPS) is 15.1. The standard InChI is InChI=1S/C22H28N2O5S/c1-3-28-20-6-4-5-7-21(20)29-16-22(25)24-14-12-18(13-15-24)23-30(26,27)19-10-8-17(2)9-11-19/h4-11,18,23H,3,12-16H2,1-2H3. The molecule has 1 amide bonds. The van der Waals surface area contributed by atoms with Crippen LogP contribution in [0.1, 0.15) is 25.3 Å². The first-order chi connectivity index (χ1) is 14.4. The topological polar surface area (TPSA) is 84.9 Å². The van der Waals surface area contributed by atoms with E-state index in [1.807, 2.05) is 26.0 Å². The summed E-state index contributed by atoms with van der Waals surface area (Å²) in [5.74, 6) is 1.02. The number of carbonyl (C=O) groups excluding carboxylic acids is 1. The summed E-state index contributed by atoms with van der Waals surface area (Å²) in [4.78, 5) is 14.5. The van der Waals surface area contributed by atoms with Gasteiger partial charge in [-0.25, -0.2) is 13.1 Å². The highest BCUT2D eigenvalue weighted by Gasteiger charge is 2.27. The Bertz CT molecular complexity index is 952. The molecule has 2 aromatic carbocycles. The van der Waals surface area contributed by atoms with Crippen molar-refractivity contribution in [3.05, 3.63) is 54.1 Å². The summed E-state index contributed by atoms with van der Waals surface area (Å²) < 4.78 is 39.0. The van der Waals surface area contributed by atoms with Crippen LogP contribution in [0.2, 0.25) is 0 Å². The van der Waals surface area contributed by atoms with E-state index in [1.165, 1.54) is 0 Å². The Morgan fingerprint density at radius 2 is 1.63 bits per heavy atom. The third-order valence-corrected chi connectivity index (χ3v) is 6.54. The van der Waals surface area contributed by atoms with Gasteiger partial charge in [0.05, 0.1) is 11.5 Å². The highest BCUT2D eigenvalue weighted by atomic mass is 32.2. The third kappa shape index (κ3) is 5.73. The lowest BCUT2D eigenvalue weighted by Gasteiger charge is -2.32. The molecule has 1 aliphatic heterocycles. The van der Waals surface area contributed by atoms with Crippen LogP contribution in [0.4, 0.5) is 0 Å². The lowest BCUT2D eigenvalue weighted by Crippen LogP contribution is -2.47. The molecular weight excluding hydrogens is 404 g/mol. The van der Waals surface area contributed by atoms with E-state index in [-0.39, 0.29) is 23.5 Å². The predicted octanol–water partition coefficient (Wildman–Crippen LogP) is 2.74. The number of sulfonamides is 1. The van der Waals surface area contributed by atoms with Crippen LogP contribution in [0, 0.1) is 6.92 Å². The summed E-state index contributed by atoms with van der Waals surface area (Å²) >= 11 is 0. The summed E-state index contributed by atoms with van der Waals surface area (Å²) in [6, 6.07) is 13.8. The second-order valence-corrected chi connectivity index (χ2v) is 8.97. The molecule has 1 heterocycles. The zero-order chi connectivity index (χ0) is 21.6. The van der Waals surface area contributed by atoms with Gasteiger partial charge in [0.1, 0.15) is 0 Å². The van der Waals surface area contributed by atoms with Gasteiger partial charge in [-0.15, -0.1) is 0 Å². The zero-order valence-electron chi connectivity index (χ0n) is 17.3. The van der Waals surface area contributed by atoms with Crippen LogP contribution in [-0.2, 0) is 14.8 Å². The van der Waals surface area contributed by atoms with Crippen LogP contribution in [0.3, 0.4) is 0 Å². The minimum atomic E-state index is -3.56. The van der Waals surface area contributed by atoms with Gasteiger partial charge in [0, 0.05) is 19.1 Å². The van der Waals surface area contributed by atoms with Crippen molar-refractivity contribution < 1.29 is 22.7 Å². The lowest BCUT2D eigenvalue weighted by atomic mass is 10.1. The molecule has 0 aromatic heterocycles. The molecule has 1 N–H and O–H groups in total. The fourth-order valence-electron chi connectivity index (χ4n) is 3.33. The minimum absolute atomic E-state index is 0.0795. The van der Waals surface area contributed by atoms with Gasteiger partial charge < -0.3 is 14.4 Å². The van der Waals surface area contributed by atoms with Gasteiger partial charge in [-0.05, 0) is 51.0 Å². The molecule has 1 saturated heterocycles.